The van der Waals surface area contributed by atoms with Gasteiger partial charge in [-0.2, -0.15) is 0 Å². The van der Waals surface area contributed by atoms with Gasteiger partial charge in [-0.15, -0.1) is 10.2 Å². The van der Waals surface area contributed by atoms with Crippen LogP contribution in [0.1, 0.15) is 34.8 Å². The van der Waals surface area contributed by atoms with Gasteiger partial charge in [-0.3, -0.25) is 4.79 Å². The number of carbonyl (C=O) groups excluding carboxylic acids is 1. The van der Waals surface area contributed by atoms with Crippen LogP contribution in [0, 0.1) is 0 Å². The molecule has 122 valence electrons. The summed E-state index contributed by atoms with van der Waals surface area (Å²) in [5.41, 5.74) is 2.85. The van der Waals surface area contributed by atoms with Gasteiger partial charge in [0.1, 0.15) is 17.8 Å². The normalized spacial score (nSPS) is 15.4. The first-order chi connectivity index (χ1) is 12.3. The third-order valence-electron chi connectivity index (χ3n) is 4.39. The van der Waals surface area contributed by atoms with Crippen LogP contribution in [0.15, 0.2) is 47.7 Å². The average Bonchev–Trinajstić information content (AvgIpc) is 3.23. The Bertz CT molecular complexity index is 1020. The summed E-state index contributed by atoms with van der Waals surface area (Å²) in [5.74, 6) is 1.18. The summed E-state index contributed by atoms with van der Waals surface area (Å²) in [4.78, 5) is 20.5. The lowest BCUT2D eigenvalue weighted by Crippen LogP contribution is -2.03. The first-order valence-corrected chi connectivity index (χ1v) is 8.15. The fourth-order valence-corrected chi connectivity index (χ4v) is 3.03. The molecule has 0 bridgehead atoms. The van der Waals surface area contributed by atoms with E-state index in [1.54, 1.807) is 12.5 Å². The zero-order valence-electron chi connectivity index (χ0n) is 13.3. The van der Waals surface area contributed by atoms with Crippen molar-refractivity contribution in [3.63, 3.8) is 0 Å². The van der Waals surface area contributed by atoms with Crippen molar-refractivity contribution in [1.82, 2.24) is 19.7 Å². The highest BCUT2D eigenvalue weighted by atomic mass is 16.1. The molecule has 3 aromatic rings. The number of hydrogen-bond donors (Lipinski definition) is 1. The van der Waals surface area contributed by atoms with E-state index in [1.165, 1.54) is 0 Å². The number of nitrogens with zero attached hydrogens (tertiary/aromatic N) is 5. The Morgan fingerprint density at radius 2 is 2.00 bits per heavy atom. The third kappa shape index (κ3) is 2.40. The smallest absolute Gasteiger partial charge is 0.279 e. The topological polar surface area (TPSA) is 85.1 Å². The van der Waals surface area contributed by atoms with Crippen LogP contribution >= 0.6 is 0 Å². The lowest BCUT2D eigenvalue weighted by molar-refractivity contribution is 0.101. The van der Waals surface area contributed by atoms with Crippen LogP contribution in [-0.2, 0) is 0 Å². The molecule has 2 aromatic heterocycles. The van der Waals surface area contributed by atoms with Gasteiger partial charge in [0, 0.05) is 17.8 Å². The van der Waals surface area contributed by atoms with Crippen molar-refractivity contribution in [3.8, 4) is 11.5 Å². The quantitative estimate of drug-likeness (QED) is 0.795. The maximum Gasteiger partial charge on any atom is 0.279 e. The number of pyridine rings is 1. The number of aliphatic imine (C=N–C) groups is 1. The molecule has 1 fully saturated rings. The second-order valence-corrected chi connectivity index (χ2v) is 6.16. The van der Waals surface area contributed by atoms with Crippen molar-refractivity contribution < 1.29 is 4.79 Å². The van der Waals surface area contributed by atoms with Crippen molar-refractivity contribution in [2.45, 2.75) is 18.9 Å². The van der Waals surface area contributed by atoms with E-state index >= 15 is 0 Å². The van der Waals surface area contributed by atoms with Crippen LogP contribution in [0.25, 0.3) is 11.5 Å². The molecule has 1 amide bonds. The Morgan fingerprint density at radius 3 is 2.88 bits per heavy atom. The number of nitrogens with one attached hydrogen (secondary N) is 1. The molecule has 1 aliphatic carbocycles. The van der Waals surface area contributed by atoms with E-state index in [1.807, 2.05) is 36.4 Å². The Kier molecular flexibility index (Phi) is 3.00. The van der Waals surface area contributed by atoms with Crippen LogP contribution in [0.5, 0.6) is 0 Å². The summed E-state index contributed by atoms with van der Waals surface area (Å²) in [6.07, 6.45) is 5.65. The summed E-state index contributed by atoms with van der Waals surface area (Å²) in [6, 6.07) is 11.8. The van der Waals surface area contributed by atoms with Crippen LogP contribution in [-0.4, -0.2) is 31.9 Å². The van der Waals surface area contributed by atoms with Crippen LogP contribution in [0.3, 0.4) is 0 Å². The number of carbonyl (C=O) groups is 1. The predicted molar refractivity (Wildman–Crippen MR) is 93.2 cm³/mol. The number of rotatable bonds is 4. The molecule has 25 heavy (non-hydrogen) atoms. The highest BCUT2D eigenvalue weighted by Crippen LogP contribution is 2.37. The molecule has 5 rings (SSSR count). The van der Waals surface area contributed by atoms with E-state index in [4.69, 9.17) is 0 Å². The first kappa shape index (κ1) is 14.0. The Balaban J connectivity index is 1.50. The average molecular weight is 330 g/mol. The molecule has 1 saturated carbocycles. The van der Waals surface area contributed by atoms with Gasteiger partial charge in [0.15, 0.2) is 5.82 Å². The molecule has 1 aliphatic heterocycles. The van der Waals surface area contributed by atoms with Gasteiger partial charge in [-0.25, -0.2) is 9.98 Å². The maximum absolute atomic E-state index is 12.0. The fourth-order valence-electron chi connectivity index (χ4n) is 3.03. The summed E-state index contributed by atoms with van der Waals surface area (Å²) in [7, 11) is 0. The molecule has 0 radical (unpaired) electrons. The zero-order valence-corrected chi connectivity index (χ0v) is 13.3. The van der Waals surface area contributed by atoms with Crippen LogP contribution in [0.2, 0.25) is 0 Å². The lowest BCUT2D eigenvalue weighted by Gasteiger charge is -2.10. The molecular weight excluding hydrogens is 316 g/mol. The van der Waals surface area contributed by atoms with Gasteiger partial charge in [-0.05, 0) is 31.0 Å². The van der Waals surface area contributed by atoms with E-state index in [9.17, 15) is 4.79 Å². The number of aromatic nitrogens is 4. The summed E-state index contributed by atoms with van der Waals surface area (Å²) < 4.78 is 2.07. The molecular formula is C18H14N6O. The monoisotopic (exact) mass is 330 g/mol. The Morgan fingerprint density at radius 1 is 1.12 bits per heavy atom. The van der Waals surface area contributed by atoms with E-state index in [0.29, 0.717) is 23.1 Å². The van der Waals surface area contributed by atoms with Crippen molar-refractivity contribution in [3.05, 3.63) is 53.9 Å². The number of fused-ring (bicyclic) bond motifs is 1. The van der Waals surface area contributed by atoms with Gasteiger partial charge in [0.25, 0.3) is 5.91 Å². The molecule has 1 aromatic carbocycles. The second kappa shape index (κ2) is 5.34. The fraction of sp³-hybridized carbons (Fsp3) is 0.167. The van der Waals surface area contributed by atoms with Crippen molar-refractivity contribution in [2.24, 2.45) is 4.99 Å². The molecule has 7 heteroatoms. The van der Waals surface area contributed by atoms with E-state index in [2.05, 4.69) is 30.1 Å². The summed E-state index contributed by atoms with van der Waals surface area (Å²) in [6.45, 7) is 0. The van der Waals surface area contributed by atoms with Gasteiger partial charge < -0.3 is 9.88 Å². The Labute approximate surface area is 143 Å². The molecule has 0 spiro atoms. The van der Waals surface area contributed by atoms with Crippen molar-refractivity contribution in [2.75, 3.05) is 5.32 Å². The Hall–Kier alpha value is -3.35. The van der Waals surface area contributed by atoms with Gasteiger partial charge in [0.2, 0.25) is 0 Å². The van der Waals surface area contributed by atoms with E-state index < -0.39 is 0 Å². The molecule has 0 unspecified atom stereocenters. The highest BCUT2D eigenvalue weighted by molar-refractivity contribution is 6.16. The van der Waals surface area contributed by atoms with Crippen molar-refractivity contribution >= 4 is 23.6 Å². The SMILES string of the molecule is O=C1N=Cc2cccc(Nc3cccc(-c4nncn4C4CC4)n3)c21. The van der Waals surface area contributed by atoms with E-state index in [-0.39, 0.29) is 5.91 Å². The number of amides is 1. The lowest BCUT2D eigenvalue weighted by atomic mass is 10.1. The summed E-state index contributed by atoms with van der Waals surface area (Å²) in [5, 5.41) is 11.5. The minimum atomic E-state index is -0.234. The van der Waals surface area contributed by atoms with Gasteiger partial charge in [-0.1, -0.05) is 18.2 Å². The molecule has 0 saturated heterocycles. The molecule has 1 N–H and O–H groups in total. The minimum Gasteiger partial charge on any atom is -0.340 e. The number of anilines is 2. The van der Waals surface area contributed by atoms with Crippen LogP contribution < -0.4 is 5.32 Å². The third-order valence-corrected chi connectivity index (χ3v) is 4.39. The first-order valence-electron chi connectivity index (χ1n) is 8.15. The standard InChI is InChI=1S/C18H14N6O/c25-18-16-11(9-19-18)3-1-4-13(16)21-15-6-2-5-14(22-15)17-23-20-10-24(17)12-7-8-12/h1-6,9-10,12H,7-8H2,(H,21,22). The second-order valence-electron chi connectivity index (χ2n) is 6.16. The minimum absolute atomic E-state index is 0.234. The molecule has 3 heterocycles. The molecule has 0 atom stereocenters. The van der Waals surface area contributed by atoms with Gasteiger partial charge in [0.05, 0.1) is 11.3 Å². The summed E-state index contributed by atoms with van der Waals surface area (Å²) >= 11 is 0. The molecule has 7 nitrogen and oxygen atoms in total. The zero-order chi connectivity index (χ0) is 16.8. The van der Waals surface area contributed by atoms with Crippen LogP contribution in [0.4, 0.5) is 11.5 Å². The van der Waals surface area contributed by atoms with Gasteiger partial charge >= 0.3 is 0 Å². The largest absolute Gasteiger partial charge is 0.340 e. The predicted octanol–water partition coefficient (Wildman–Crippen LogP) is 2.99. The number of hydrogen-bond acceptors (Lipinski definition) is 5. The number of benzene rings is 1. The molecule has 2 aliphatic rings. The highest BCUT2D eigenvalue weighted by Gasteiger charge is 2.27. The van der Waals surface area contributed by atoms with E-state index in [0.717, 1.165) is 29.9 Å². The maximum atomic E-state index is 12.0. The van der Waals surface area contributed by atoms with Crippen molar-refractivity contribution in [1.29, 1.82) is 0 Å².